The van der Waals surface area contributed by atoms with Crippen molar-refractivity contribution < 1.29 is 33.4 Å². The number of rotatable bonds is 10. The van der Waals surface area contributed by atoms with E-state index in [9.17, 15) is 29.1 Å². The molecule has 13 nitrogen and oxygen atoms in total. The summed E-state index contributed by atoms with van der Waals surface area (Å²) in [6.07, 6.45) is -2.64. The van der Waals surface area contributed by atoms with Crippen LogP contribution in [-0.2, 0) is 18.7 Å². The van der Waals surface area contributed by atoms with Gasteiger partial charge in [0.15, 0.2) is 14.5 Å². The molecule has 0 aliphatic carbocycles. The molecule has 3 amide bonds. The van der Waals surface area contributed by atoms with Gasteiger partial charge in [-0.3, -0.25) is 33.6 Å². The number of hydrogen-bond donors (Lipinski definition) is 2. The number of aromatic nitrogens is 2. The normalized spacial score (nSPS) is 22.5. The molecule has 0 radical (unpaired) electrons. The zero-order chi connectivity index (χ0) is 31.0. The van der Waals surface area contributed by atoms with E-state index in [0.29, 0.717) is 0 Å². The molecular weight excluding hydrogens is 564 g/mol. The lowest BCUT2D eigenvalue weighted by Gasteiger charge is -2.40. The van der Waals surface area contributed by atoms with Gasteiger partial charge in [-0.15, -0.1) is 0 Å². The number of ether oxygens (including phenoxy) is 2. The Morgan fingerprint density at radius 1 is 1.10 bits per heavy atom. The standard InChI is InChI=1S/C28H38N4O9Si/c1-28(2,3)42(5,6)41-23-19(40-26(22(23)35)31-12-11-20(33)29-27(31)38)16-39-14-13-30(4)21(34)15-32-24(36)17-9-7-8-10-18(17)25(32)37/h7-12,19,22-23,26,35H,13-16H2,1-6H3,(H,29,33,38)/t19-,22?,23+,26-/m1/s1. The van der Waals surface area contributed by atoms with Crippen molar-refractivity contribution in [2.24, 2.45) is 0 Å². The highest BCUT2D eigenvalue weighted by Crippen LogP contribution is 2.41. The molecule has 0 bridgehead atoms. The van der Waals surface area contributed by atoms with Crippen molar-refractivity contribution in [2.75, 3.05) is 33.4 Å². The number of fused-ring (bicyclic) bond motifs is 1. The molecular formula is C28H38N4O9Si. The van der Waals surface area contributed by atoms with Crippen LogP contribution < -0.4 is 11.2 Å². The number of likely N-dealkylation sites (N-methyl/N-ethyl adjacent to an activating group) is 1. The van der Waals surface area contributed by atoms with Gasteiger partial charge in [0.25, 0.3) is 17.4 Å². The molecule has 14 heteroatoms. The zero-order valence-electron chi connectivity index (χ0n) is 24.7. The van der Waals surface area contributed by atoms with E-state index in [1.807, 2.05) is 13.1 Å². The van der Waals surface area contributed by atoms with E-state index in [1.54, 1.807) is 31.3 Å². The summed E-state index contributed by atoms with van der Waals surface area (Å²) in [6, 6.07) is 7.60. The Morgan fingerprint density at radius 2 is 1.71 bits per heavy atom. The lowest BCUT2D eigenvalue weighted by Crippen LogP contribution is -2.50. The number of nitrogens with zero attached hydrogens (tertiary/aromatic N) is 3. The highest BCUT2D eigenvalue weighted by molar-refractivity contribution is 6.74. The van der Waals surface area contributed by atoms with Crippen molar-refractivity contribution in [1.29, 1.82) is 0 Å². The average molecular weight is 603 g/mol. The molecule has 2 aliphatic heterocycles. The lowest BCUT2D eigenvalue weighted by molar-refractivity contribution is -0.131. The van der Waals surface area contributed by atoms with Gasteiger partial charge in [-0.05, 0) is 30.3 Å². The van der Waals surface area contributed by atoms with Gasteiger partial charge in [0, 0.05) is 25.9 Å². The van der Waals surface area contributed by atoms with E-state index >= 15 is 0 Å². The Kier molecular flexibility index (Phi) is 9.04. The maximum Gasteiger partial charge on any atom is 0.330 e. The van der Waals surface area contributed by atoms with Gasteiger partial charge < -0.3 is 23.9 Å². The second-order valence-corrected chi connectivity index (χ2v) is 16.8. The molecule has 3 heterocycles. The molecule has 1 saturated heterocycles. The maximum absolute atomic E-state index is 12.8. The van der Waals surface area contributed by atoms with Crippen LogP contribution >= 0.6 is 0 Å². The van der Waals surface area contributed by atoms with E-state index in [0.717, 1.165) is 9.47 Å². The van der Waals surface area contributed by atoms with Crippen molar-refractivity contribution in [1.82, 2.24) is 19.4 Å². The van der Waals surface area contributed by atoms with Crippen molar-refractivity contribution in [3.8, 4) is 0 Å². The van der Waals surface area contributed by atoms with Gasteiger partial charge in [-0.2, -0.15) is 0 Å². The SMILES string of the molecule is CN(CCOC[C@H]1O[C@@H](n2ccc(=O)[nH]c2=O)C(O)[C@H]1O[Si](C)(C)C(C)(C)C)C(=O)CN1C(=O)c2ccccc2C1=O. The molecule has 4 atom stereocenters. The molecule has 4 rings (SSSR count). The largest absolute Gasteiger partial charge is 0.408 e. The Balaban J connectivity index is 1.37. The van der Waals surface area contributed by atoms with Crippen LogP contribution in [0.2, 0.25) is 18.1 Å². The number of aliphatic hydroxyl groups excluding tert-OH is 1. The maximum atomic E-state index is 12.8. The summed E-state index contributed by atoms with van der Waals surface area (Å²) in [5.74, 6) is -1.44. The first-order valence-electron chi connectivity index (χ1n) is 13.7. The predicted octanol–water partition coefficient (Wildman–Crippen LogP) is 0.957. The minimum absolute atomic E-state index is 0.00854. The first kappa shape index (κ1) is 31.5. The van der Waals surface area contributed by atoms with Crippen LogP contribution in [0.25, 0.3) is 0 Å². The number of carbonyl (C=O) groups excluding carboxylic acids is 3. The van der Waals surface area contributed by atoms with Crippen LogP contribution in [0.4, 0.5) is 0 Å². The molecule has 1 aromatic heterocycles. The van der Waals surface area contributed by atoms with Crippen LogP contribution in [0.5, 0.6) is 0 Å². The van der Waals surface area contributed by atoms with Crippen molar-refractivity contribution in [3.63, 3.8) is 0 Å². The number of imide groups is 1. The van der Waals surface area contributed by atoms with Crippen molar-refractivity contribution >= 4 is 26.0 Å². The summed E-state index contributed by atoms with van der Waals surface area (Å²) in [7, 11) is -0.850. The Hall–Kier alpha value is -3.43. The monoisotopic (exact) mass is 602 g/mol. The molecule has 228 valence electrons. The first-order chi connectivity index (χ1) is 19.6. The second kappa shape index (κ2) is 12.0. The molecule has 42 heavy (non-hydrogen) atoms. The molecule has 2 aliphatic rings. The lowest BCUT2D eigenvalue weighted by atomic mass is 10.1. The Morgan fingerprint density at radius 3 is 2.29 bits per heavy atom. The molecule has 2 N–H and O–H groups in total. The van der Waals surface area contributed by atoms with E-state index in [2.05, 4.69) is 25.8 Å². The number of carbonyl (C=O) groups is 3. The number of aromatic amines is 1. The van der Waals surface area contributed by atoms with E-state index in [-0.39, 0.29) is 35.9 Å². The minimum Gasteiger partial charge on any atom is -0.408 e. The number of benzene rings is 1. The summed E-state index contributed by atoms with van der Waals surface area (Å²) in [6.45, 7) is 10.1. The van der Waals surface area contributed by atoms with Gasteiger partial charge >= 0.3 is 5.69 Å². The molecule has 1 unspecified atom stereocenters. The topological polar surface area (TPSA) is 160 Å². The second-order valence-electron chi connectivity index (χ2n) is 12.0. The highest BCUT2D eigenvalue weighted by atomic mass is 28.4. The number of amides is 3. The van der Waals surface area contributed by atoms with E-state index in [1.165, 1.54) is 17.2 Å². The van der Waals surface area contributed by atoms with Crippen LogP contribution in [0.1, 0.15) is 47.7 Å². The minimum atomic E-state index is -2.39. The van der Waals surface area contributed by atoms with Gasteiger partial charge in [-0.25, -0.2) is 4.79 Å². The quantitative estimate of drug-likeness (QED) is 0.229. The highest BCUT2D eigenvalue weighted by Gasteiger charge is 2.50. The number of aliphatic hydroxyl groups is 1. The fourth-order valence-corrected chi connectivity index (χ4v) is 5.86. The van der Waals surface area contributed by atoms with Crippen molar-refractivity contribution in [2.45, 2.75) is 63.4 Å². The molecule has 0 spiro atoms. The summed E-state index contributed by atoms with van der Waals surface area (Å²) < 4.78 is 19.5. The fourth-order valence-electron chi connectivity index (χ4n) is 4.54. The Bertz CT molecular complexity index is 1430. The van der Waals surface area contributed by atoms with E-state index < -0.39 is 68.4 Å². The first-order valence-corrected chi connectivity index (χ1v) is 16.6. The predicted molar refractivity (Wildman–Crippen MR) is 154 cm³/mol. The summed E-state index contributed by atoms with van der Waals surface area (Å²) >= 11 is 0. The summed E-state index contributed by atoms with van der Waals surface area (Å²) in [5, 5.41) is 11.0. The van der Waals surface area contributed by atoms with Gasteiger partial charge in [0.1, 0.15) is 24.9 Å². The Labute approximate surface area is 244 Å². The molecule has 2 aromatic rings. The smallest absolute Gasteiger partial charge is 0.330 e. The van der Waals surface area contributed by atoms with Gasteiger partial charge in [-0.1, -0.05) is 32.9 Å². The van der Waals surface area contributed by atoms with Crippen LogP contribution in [0.15, 0.2) is 46.1 Å². The van der Waals surface area contributed by atoms with Crippen LogP contribution in [-0.4, -0.2) is 102 Å². The van der Waals surface area contributed by atoms with Crippen LogP contribution in [0, 0.1) is 0 Å². The summed E-state index contributed by atoms with van der Waals surface area (Å²) in [4.78, 5) is 66.4. The number of nitrogens with one attached hydrogen (secondary N) is 1. The van der Waals surface area contributed by atoms with Crippen molar-refractivity contribution in [3.05, 3.63) is 68.5 Å². The van der Waals surface area contributed by atoms with E-state index in [4.69, 9.17) is 13.9 Å². The third-order valence-corrected chi connectivity index (χ3v) is 12.6. The number of H-pyrrole nitrogens is 1. The molecule has 1 aromatic carbocycles. The molecule has 1 fully saturated rings. The van der Waals surface area contributed by atoms with Gasteiger partial charge in [0.2, 0.25) is 5.91 Å². The number of hydrogen-bond acceptors (Lipinski definition) is 9. The third kappa shape index (κ3) is 6.32. The molecule has 0 saturated carbocycles. The summed E-state index contributed by atoms with van der Waals surface area (Å²) in [5.41, 5.74) is -0.745. The fraction of sp³-hybridized carbons (Fsp3) is 0.536. The zero-order valence-corrected chi connectivity index (χ0v) is 25.7. The van der Waals surface area contributed by atoms with Gasteiger partial charge in [0.05, 0.1) is 24.3 Å². The average Bonchev–Trinajstić information content (AvgIpc) is 3.34. The third-order valence-electron chi connectivity index (χ3n) is 8.12. The van der Waals surface area contributed by atoms with Crippen LogP contribution in [0.3, 0.4) is 0 Å².